The molecule has 0 bridgehead atoms. The van der Waals surface area contributed by atoms with Gasteiger partial charge in [0.05, 0.1) is 12.9 Å². The van der Waals surface area contributed by atoms with Gasteiger partial charge in [-0.2, -0.15) is 0 Å². The fourth-order valence-electron chi connectivity index (χ4n) is 4.47. The van der Waals surface area contributed by atoms with Crippen LogP contribution in [0.3, 0.4) is 0 Å². The molecule has 4 rings (SSSR count). The maximum Gasteiger partial charge on any atom is 0.289 e. The van der Waals surface area contributed by atoms with E-state index in [0.29, 0.717) is 17.1 Å². The van der Waals surface area contributed by atoms with Crippen LogP contribution in [-0.2, 0) is 4.74 Å². The lowest BCUT2D eigenvalue weighted by molar-refractivity contribution is 0.0171. The van der Waals surface area contributed by atoms with Crippen molar-refractivity contribution in [1.29, 1.82) is 0 Å². The molecule has 1 aliphatic carbocycles. The highest BCUT2D eigenvalue weighted by Crippen LogP contribution is 2.44. The summed E-state index contributed by atoms with van der Waals surface area (Å²) in [6.07, 6.45) is 6.40. The maximum atomic E-state index is 12.5. The molecule has 1 spiro atoms. The van der Waals surface area contributed by atoms with Crippen molar-refractivity contribution in [2.24, 2.45) is 17.3 Å². The fraction of sp³-hybridized carbons (Fsp3) is 0.737. The van der Waals surface area contributed by atoms with Gasteiger partial charge in [-0.25, -0.2) is 0 Å². The Balaban J connectivity index is 1.35. The highest BCUT2D eigenvalue weighted by Gasteiger charge is 2.47. The van der Waals surface area contributed by atoms with E-state index in [9.17, 15) is 4.79 Å². The van der Waals surface area contributed by atoms with Crippen molar-refractivity contribution in [3.63, 3.8) is 0 Å². The summed E-state index contributed by atoms with van der Waals surface area (Å²) in [4.78, 5) is 16.8. The van der Waals surface area contributed by atoms with Crippen molar-refractivity contribution < 1.29 is 13.9 Å². The number of carbonyl (C=O) groups excluding carboxylic acids is 1. The largest absolute Gasteiger partial charge is 0.459 e. The van der Waals surface area contributed by atoms with E-state index in [1.54, 1.807) is 18.4 Å². The minimum Gasteiger partial charge on any atom is -0.459 e. The van der Waals surface area contributed by atoms with Crippen LogP contribution in [0.1, 0.15) is 36.2 Å². The summed E-state index contributed by atoms with van der Waals surface area (Å²) < 4.78 is 11.3. The molecule has 1 atom stereocenters. The summed E-state index contributed by atoms with van der Waals surface area (Å²) >= 11 is 0. The Bertz CT molecular complexity index is 559. The Labute approximate surface area is 143 Å². The second-order valence-corrected chi connectivity index (χ2v) is 8.01. The number of hydrogen-bond acceptors (Lipinski definition) is 4. The molecule has 2 saturated heterocycles. The van der Waals surface area contributed by atoms with Crippen LogP contribution in [0.25, 0.3) is 0 Å². The molecule has 3 fully saturated rings. The van der Waals surface area contributed by atoms with Gasteiger partial charge in [-0.15, -0.1) is 0 Å². The van der Waals surface area contributed by atoms with E-state index in [4.69, 9.17) is 9.15 Å². The van der Waals surface area contributed by atoms with E-state index in [1.165, 1.54) is 12.8 Å². The number of carbonyl (C=O) groups is 1. The Morgan fingerprint density at radius 1 is 1.33 bits per heavy atom. The summed E-state index contributed by atoms with van der Waals surface area (Å²) in [5.74, 6) is 1.91. The molecule has 5 heteroatoms. The molecular weight excluding hydrogens is 304 g/mol. The van der Waals surface area contributed by atoms with Gasteiger partial charge in [0.2, 0.25) is 0 Å². The average molecular weight is 332 g/mol. The summed E-state index contributed by atoms with van der Waals surface area (Å²) in [6.45, 7) is 5.73. The predicted octanol–water partition coefficient (Wildman–Crippen LogP) is 2.49. The van der Waals surface area contributed by atoms with Gasteiger partial charge in [-0.05, 0) is 56.2 Å². The zero-order chi connectivity index (χ0) is 16.6. The van der Waals surface area contributed by atoms with Crippen LogP contribution in [-0.4, -0.2) is 62.1 Å². The third-order valence-electron chi connectivity index (χ3n) is 6.13. The van der Waals surface area contributed by atoms with Crippen LogP contribution < -0.4 is 0 Å². The Hall–Kier alpha value is -1.33. The molecular formula is C19H28N2O3. The number of piperidine rings is 1. The van der Waals surface area contributed by atoms with Crippen molar-refractivity contribution in [2.45, 2.75) is 25.7 Å². The molecule has 24 heavy (non-hydrogen) atoms. The monoisotopic (exact) mass is 332 g/mol. The molecule has 0 aromatic carbocycles. The molecule has 5 nitrogen and oxygen atoms in total. The van der Waals surface area contributed by atoms with Crippen LogP contribution in [0, 0.1) is 17.3 Å². The molecule has 3 heterocycles. The standard InChI is InChI=1S/C19H28N2O3/c1-20-11-16(13-23-12-15-4-5-15)19(14-20)6-8-21(9-7-19)18(22)17-3-2-10-24-17/h2-3,10,15-16H,4-9,11-14H2,1H3/t16-/m0/s1. The topological polar surface area (TPSA) is 45.9 Å². The molecule has 3 aliphatic rings. The molecule has 0 radical (unpaired) electrons. The normalized spacial score (nSPS) is 27.0. The maximum absolute atomic E-state index is 12.5. The smallest absolute Gasteiger partial charge is 0.289 e. The minimum absolute atomic E-state index is 0.0303. The first-order valence-corrected chi connectivity index (χ1v) is 9.25. The third-order valence-corrected chi connectivity index (χ3v) is 6.13. The summed E-state index contributed by atoms with van der Waals surface area (Å²) in [5.41, 5.74) is 0.318. The van der Waals surface area contributed by atoms with Crippen LogP contribution in [0.4, 0.5) is 0 Å². The highest BCUT2D eigenvalue weighted by molar-refractivity contribution is 5.91. The summed E-state index contributed by atoms with van der Waals surface area (Å²) in [7, 11) is 2.21. The number of nitrogens with zero attached hydrogens (tertiary/aromatic N) is 2. The van der Waals surface area contributed by atoms with Gasteiger partial charge >= 0.3 is 0 Å². The average Bonchev–Trinajstić information content (AvgIpc) is 3.14. The fourth-order valence-corrected chi connectivity index (χ4v) is 4.47. The van der Waals surface area contributed by atoms with Crippen molar-refractivity contribution in [1.82, 2.24) is 9.80 Å². The molecule has 1 aromatic rings. The van der Waals surface area contributed by atoms with E-state index in [1.807, 2.05) is 4.90 Å². The summed E-state index contributed by atoms with van der Waals surface area (Å²) in [6, 6.07) is 3.53. The summed E-state index contributed by atoms with van der Waals surface area (Å²) in [5, 5.41) is 0. The second kappa shape index (κ2) is 6.52. The van der Waals surface area contributed by atoms with Crippen molar-refractivity contribution in [3.8, 4) is 0 Å². The third kappa shape index (κ3) is 3.24. The van der Waals surface area contributed by atoms with E-state index in [-0.39, 0.29) is 5.91 Å². The predicted molar refractivity (Wildman–Crippen MR) is 90.8 cm³/mol. The number of furan rings is 1. The van der Waals surface area contributed by atoms with Gasteiger partial charge in [-0.3, -0.25) is 4.79 Å². The second-order valence-electron chi connectivity index (χ2n) is 8.01. The zero-order valence-electron chi connectivity index (χ0n) is 14.6. The van der Waals surface area contributed by atoms with Crippen LogP contribution >= 0.6 is 0 Å². The van der Waals surface area contributed by atoms with E-state index < -0.39 is 0 Å². The first-order valence-electron chi connectivity index (χ1n) is 9.25. The van der Waals surface area contributed by atoms with E-state index in [0.717, 1.165) is 58.2 Å². The minimum atomic E-state index is 0.0303. The van der Waals surface area contributed by atoms with E-state index in [2.05, 4.69) is 11.9 Å². The SMILES string of the molecule is CN1C[C@@H](COCC2CC2)C2(CCN(C(=O)c3ccco3)CC2)C1. The molecule has 1 saturated carbocycles. The lowest BCUT2D eigenvalue weighted by Gasteiger charge is -2.42. The van der Waals surface area contributed by atoms with E-state index >= 15 is 0 Å². The highest BCUT2D eigenvalue weighted by atomic mass is 16.5. The molecule has 2 aliphatic heterocycles. The quantitative estimate of drug-likeness (QED) is 0.831. The lowest BCUT2D eigenvalue weighted by Crippen LogP contribution is -2.47. The van der Waals surface area contributed by atoms with Gasteiger partial charge in [0, 0.05) is 38.7 Å². The number of likely N-dealkylation sites (tertiary alicyclic amines) is 2. The first kappa shape index (κ1) is 16.2. The van der Waals surface area contributed by atoms with Crippen LogP contribution in [0.5, 0.6) is 0 Å². The van der Waals surface area contributed by atoms with Crippen LogP contribution in [0.2, 0.25) is 0 Å². The number of hydrogen-bond donors (Lipinski definition) is 0. The molecule has 0 N–H and O–H groups in total. The lowest BCUT2D eigenvalue weighted by atomic mass is 9.71. The number of rotatable bonds is 5. The Morgan fingerprint density at radius 2 is 2.12 bits per heavy atom. The van der Waals surface area contributed by atoms with Gasteiger partial charge in [0.25, 0.3) is 5.91 Å². The number of ether oxygens (including phenoxy) is 1. The Morgan fingerprint density at radius 3 is 2.79 bits per heavy atom. The Kier molecular flexibility index (Phi) is 4.39. The van der Waals surface area contributed by atoms with Crippen molar-refractivity contribution >= 4 is 5.91 Å². The van der Waals surface area contributed by atoms with Crippen LogP contribution in [0.15, 0.2) is 22.8 Å². The van der Waals surface area contributed by atoms with Gasteiger partial charge in [-0.1, -0.05) is 0 Å². The molecule has 0 unspecified atom stereocenters. The molecule has 1 aromatic heterocycles. The first-order chi connectivity index (χ1) is 11.7. The van der Waals surface area contributed by atoms with Gasteiger partial charge in [0.15, 0.2) is 5.76 Å². The number of amides is 1. The molecule has 1 amide bonds. The van der Waals surface area contributed by atoms with Crippen molar-refractivity contribution in [3.05, 3.63) is 24.2 Å². The van der Waals surface area contributed by atoms with Gasteiger partial charge < -0.3 is 19.0 Å². The zero-order valence-corrected chi connectivity index (χ0v) is 14.6. The molecule has 132 valence electrons. The van der Waals surface area contributed by atoms with Crippen molar-refractivity contribution in [2.75, 3.05) is 46.4 Å². The van der Waals surface area contributed by atoms with Gasteiger partial charge in [0.1, 0.15) is 0 Å².